The monoisotopic (exact) mass is 436 g/mol. The Hall–Kier alpha value is -3.12. The first-order chi connectivity index (χ1) is 15.6. The number of carbonyl (C=O) groups is 1. The van der Waals surface area contributed by atoms with Crippen molar-refractivity contribution in [2.75, 3.05) is 34.5 Å². The summed E-state index contributed by atoms with van der Waals surface area (Å²) >= 11 is 0. The lowest BCUT2D eigenvalue weighted by Gasteiger charge is -2.31. The molecule has 0 aliphatic heterocycles. The minimum atomic E-state index is -0.00363. The standard InChI is InChI=1S/C26H32N2O4/c1-6-19(7-2)28(14-15-30-3)26(29)21-17-23(27-22-11-9-8-10-20(21)22)18-12-13-24(31-4)25(16-18)32-5/h8-13,16-17,19H,6-7,14-15H2,1-5H3. The molecule has 0 unspecified atom stereocenters. The van der Waals surface area contributed by atoms with Crippen molar-refractivity contribution in [3.8, 4) is 22.8 Å². The fourth-order valence-electron chi connectivity index (χ4n) is 4.02. The molecule has 1 amide bonds. The van der Waals surface area contributed by atoms with Crippen molar-refractivity contribution >= 4 is 16.8 Å². The van der Waals surface area contributed by atoms with Gasteiger partial charge in [0.2, 0.25) is 0 Å². The van der Waals surface area contributed by atoms with E-state index in [-0.39, 0.29) is 11.9 Å². The largest absolute Gasteiger partial charge is 0.493 e. The van der Waals surface area contributed by atoms with Gasteiger partial charge in [0.15, 0.2) is 11.5 Å². The second-order valence-corrected chi connectivity index (χ2v) is 7.60. The van der Waals surface area contributed by atoms with Crippen LogP contribution in [0.2, 0.25) is 0 Å². The van der Waals surface area contributed by atoms with Crippen molar-refractivity contribution in [1.29, 1.82) is 0 Å². The number of benzene rings is 2. The average Bonchev–Trinajstić information content (AvgIpc) is 2.85. The van der Waals surface area contributed by atoms with E-state index >= 15 is 0 Å². The van der Waals surface area contributed by atoms with E-state index in [1.165, 1.54) is 0 Å². The molecule has 0 aliphatic carbocycles. The van der Waals surface area contributed by atoms with Gasteiger partial charge in [-0.25, -0.2) is 4.98 Å². The number of amides is 1. The van der Waals surface area contributed by atoms with Crippen LogP contribution in [0.1, 0.15) is 37.0 Å². The van der Waals surface area contributed by atoms with Crippen LogP contribution in [-0.2, 0) is 4.74 Å². The lowest BCUT2D eigenvalue weighted by Crippen LogP contribution is -2.42. The maximum atomic E-state index is 13.8. The van der Waals surface area contributed by atoms with Gasteiger partial charge in [0.25, 0.3) is 5.91 Å². The summed E-state index contributed by atoms with van der Waals surface area (Å²) in [6, 6.07) is 15.5. The number of ether oxygens (including phenoxy) is 3. The summed E-state index contributed by atoms with van der Waals surface area (Å²) < 4.78 is 16.1. The smallest absolute Gasteiger partial charge is 0.254 e. The molecule has 6 heteroatoms. The molecule has 0 saturated heterocycles. The minimum Gasteiger partial charge on any atom is -0.493 e. The number of carbonyl (C=O) groups excluding carboxylic acids is 1. The van der Waals surface area contributed by atoms with Gasteiger partial charge in [-0.05, 0) is 43.2 Å². The van der Waals surface area contributed by atoms with Crippen molar-refractivity contribution in [1.82, 2.24) is 9.88 Å². The molecule has 0 saturated carbocycles. The number of hydrogen-bond acceptors (Lipinski definition) is 5. The Kier molecular flexibility index (Phi) is 8.06. The molecule has 0 atom stereocenters. The van der Waals surface area contributed by atoms with Gasteiger partial charge < -0.3 is 19.1 Å². The van der Waals surface area contributed by atoms with Crippen LogP contribution in [-0.4, -0.2) is 56.3 Å². The van der Waals surface area contributed by atoms with Gasteiger partial charge in [0.05, 0.1) is 37.6 Å². The second-order valence-electron chi connectivity index (χ2n) is 7.60. The predicted octanol–water partition coefficient (Wildman–Crippen LogP) is 5.20. The fourth-order valence-corrected chi connectivity index (χ4v) is 4.02. The third-order valence-corrected chi connectivity index (χ3v) is 5.81. The van der Waals surface area contributed by atoms with Crippen LogP contribution in [0.5, 0.6) is 11.5 Å². The highest BCUT2D eigenvalue weighted by Gasteiger charge is 2.25. The summed E-state index contributed by atoms with van der Waals surface area (Å²) in [7, 11) is 4.87. The average molecular weight is 437 g/mol. The lowest BCUT2D eigenvalue weighted by atomic mass is 10.0. The van der Waals surface area contributed by atoms with E-state index in [2.05, 4.69) is 13.8 Å². The highest BCUT2D eigenvalue weighted by Crippen LogP contribution is 2.33. The van der Waals surface area contributed by atoms with Gasteiger partial charge in [-0.3, -0.25) is 4.79 Å². The molecule has 0 spiro atoms. The van der Waals surface area contributed by atoms with Crippen LogP contribution >= 0.6 is 0 Å². The van der Waals surface area contributed by atoms with E-state index in [1.807, 2.05) is 53.4 Å². The molecule has 2 aromatic carbocycles. The van der Waals surface area contributed by atoms with Gasteiger partial charge in [0, 0.05) is 30.6 Å². The van der Waals surface area contributed by atoms with Gasteiger partial charge in [-0.1, -0.05) is 32.0 Å². The zero-order chi connectivity index (χ0) is 23.1. The van der Waals surface area contributed by atoms with E-state index in [0.29, 0.717) is 35.9 Å². The molecule has 170 valence electrons. The highest BCUT2D eigenvalue weighted by atomic mass is 16.5. The molecule has 6 nitrogen and oxygen atoms in total. The Morgan fingerprint density at radius 3 is 2.34 bits per heavy atom. The number of nitrogens with zero attached hydrogens (tertiary/aromatic N) is 2. The molecule has 3 aromatic rings. The van der Waals surface area contributed by atoms with Crippen LogP contribution in [0.15, 0.2) is 48.5 Å². The SMILES string of the molecule is CCC(CC)N(CCOC)C(=O)c1cc(-c2ccc(OC)c(OC)c2)nc2ccccc12. The molecule has 0 aliphatic rings. The summed E-state index contributed by atoms with van der Waals surface area (Å²) in [6.45, 7) is 5.26. The molecule has 3 rings (SSSR count). The van der Waals surface area contributed by atoms with E-state index in [0.717, 1.165) is 29.3 Å². The van der Waals surface area contributed by atoms with Crippen LogP contribution in [0.3, 0.4) is 0 Å². The molecular formula is C26H32N2O4. The number of methoxy groups -OCH3 is 3. The van der Waals surface area contributed by atoms with E-state index < -0.39 is 0 Å². The summed E-state index contributed by atoms with van der Waals surface area (Å²) in [6.07, 6.45) is 1.77. The Labute approximate surface area is 190 Å². The lowest BCUT2D eigenvalue weighted by molar-refractivity contribution is 0.0591. The first-order valence-corrected chi connectivity index (χ1v) is 11.0. The number of aromatic nitrogens is 1. The van der Waals surface area contributed by atoms with Crippen molar-refractivity contribution in [3.63, 3.8) is 0 Å². The number of hydrogen-bond donors (Lipinski definition) is 0. The molecule has 1 aromatic heterocycles. The van der Waals surface area contributed by atoms with Gasteiger partial charge >= 0.3 is 0 Å². The zero-order valence-corrected chi connectivity index (χ0v) is 19.6. The molecule has 1 heterocycles. The van der Waals surface area contributed by atoms with Gasteiger partial charge in [-0.2, -0.15) is 0 Å². The van der Waals surface area contributed by atoms with E-state index in [9.17, 15) is 4.79 Å². The highest BCUT2D eigenvalue weighted by molar-refractivity contribution is 6.07. The van der Waals surface area contributed by atoms with E-state index in [1.54, 1.807) is 21.3 Å². The second kappa shape index (κ2) is 11.0. The summed E-state index contributed by atoms with van der Waals surface area (Å²) in [5.41, 5.74) is 2.99. The number of pyridine rings is 1. The minimum absolute atomic E-state index is 0.00363. The fraction of sp³-hybridized carbons (Fsp3) is 0.385. The summed E-state index contributed by atoms with van der Waals surface area (Å²) in [5.74, 6) is 1.26. The number of para-hydroxylation sites is 1. The number of fused-ring (bicyclic) bond motifs is 1. The Balaban J connectivity index is 2.15. The first-order valence-electron chi connectivity index (χ1n) is 11.0. The third-order valence-electron chi connectivity index (χ3n) is 5.81. The normalized spacial score (nSPS) is 11.1. The number of rotatable bonds is 10. The topological polar surface area (TPSA) is 60.9 Å². The molecule has 0 bridgehead atoms. The molecule has 32 heavy (non-hydrogen) atoms. The van der Waals surface area contributed by atoms with Crippen molar-refractivity contribution < 1.29 is 19.0 Å². The maximum absolute atomic E-state index is 13.8. The Morgan fingerprint density at radius 1 is 0.969 bits per heavy atom. The zero-order valence-electron chi connectivity index (χ0n) is 19.6. The predicted molar refractivity (Wildman–Crippen MR) is 128 cm³/mol. The molecular weight excluding hydrogens is 404 g/mol. The first kappa shape index (κ1) is 23.5. The molecule has 0 N–H and O–H groups in total. The summed E-state index contributed by atoms with van der Waals surface area (Å²) in [5, 5.41) is 0.843. The molecule has 0 fully saturated rings. The van der Waals surface area contributed by atoms with E-state index in [4.69, 9.17) is 19.2 Å². The quantitative estimate of drug-likeness (QED) is 0.437. The summed E-state index contributed by atoms with van der Waals surface area (Å²) in [4.78, 5) is 20.6. The van der Waals surface area contributed by atoms with Crippen LogP contribution in [0, 0.1) is 0 Å². The van der Waals surface area contributed by atoms with Gasteiger partial charge in [0.1, 0.15) is 0 Å². The maximum Gasteiger partial charge on any atom is 0.254 e. The van der Waals surface area contributed by atoms with Crippen molar-refractivity contribution in [2.24, 2.45) is 0 Å². The Bertz CT molecular complexity index is 1060. The third kappa shape index (κ3) is 4.86. The Morgan fingerprint density at radius 2 is 1.69 bits per heavy atom. The van der Waals surface area contributed by atoms with Gasteiger partial charge in [-0.15, -0.1) is 0 Å². The van der Waals surface area contributed by atoms with Crippen LogP contribution in [0.25, 0.3) is 22.2 Å². The van der Waals surface area contributed by atoms with Crippen LogP contribution < -0.4 is 9.47 Å². The van der Waals surface area contributed by atoms with Crippen molar-refractivity contribution in [3.05, 3.63) is 54.1 Å². The molecule has 0 radical (unpaired) electrons. The van der Waals surface area contributed by atoms with Crippen LogP contribution in [0.4, 0.5) is 0 Å². The van der Waals surface area contributed by atoms with Crippen molar-refractivity contribution in [2.45, 2.75) is 32.7 Å².